The molecule has 2 amide bonds. The van der Waals surface area contributed by atoms with Gasteiger partial charge in [0, 0.05) is 0 Å². The van der Waals surface area contributed by atoms with Gasteiger partial charge in [0.25, 0.3) is 0 Å². The fraction of sp³-hybridized carbons (Fsp3) is 0.545. The lowest BCUT2D eigenvalue weighted by atomic mass is 9.78. The van der Waals surface area contributed by atoms with Gasteiger partial charge in [0.05, 0.1) is 24.1 Å². The van der Waals surface area contributed by atoms with E-state index >= 15 is 0 Å². The summed E-state index contributed by atoms with van der Waals surface area (Å²) in [6, 6.07) is 7.35. The van der Waals surface area contributed by atoms with Gasteiger partial charge in [-0.05, 0) is 57.4 Å². The van der Waals surface area contributed by atoms with Crippen LogP contribution in [-0.4, -0.2) is 18.4 Å². The largest absolute Gasteiger partial charge is 0.494 e. The van der Waals surface area contributed by atoms with Gasteiger partial charge < -0.3 is 4.74 Å². The van der Waals surface area contributed by atoms with Crippen molar-refractivity contribution in [3.05, 3.63) is 35.4 Å². The Hall–Kier alpha value is -2.10. The molecule has 0 aromatic heterocycles. The highest BCUT2D eigenvalue weighted by molar-refractivity contribution is 6.22. The van der Waals surface area contributed by atoms with Crippen LogP contribution < -0.4 is 9.64 Å². The summed E-state index contributed by atoms with van der Waals surface area (Å²) in [5.74, 6) is 0.289. The number of benzene rings is 1. The Morgan fingerprint density at radius 1 is 0.923 bits per heavy atom. The van der Waals surface area contributed by atoms with Crippen molar-refractivity contribution in [1.82, 2.24) is 0 Å². The van der Waals surface area contributed by atoms with Crippen LogP contribution in [0.2, 0.25) is 0 Å². The van der Waals surface area contributed by atoms with Gasteiger partial charge in [-0.15, -0.1) is 0 Å². The van der Waals surface area contributed by atoms with Crippen molar-refractivity contribution in [3.8, 4) is 5.75 Å². The van der Waals surface area contributed by atoms with E-state index in [4.69, 9.17) is 4.74 Å². The molecule has 4 nitrogen and oxygen atoms in total. The summed E-state index contributed by atoms with van der Waals surface area (Å²) in [5.41, 5.74) is 3.16. The van der Waals surface area contributed by atoms with Crippen molar-refractivity contribution in [2.45, 2.75) is 59.3 Å². The molecule has 2 unspecified atom stereocenters. The van der Waals surface area contributed by atoms with E-state index in [1.807, 2.05) is 24.3 Å². The molecule has 1 saturated heterocycles. The minimum atomic E-state index is -0.194. The van der Waals surface area contributed by atoms with Gasteiger partial charge >= 0.3 is 0 Å². The summed E-state index contributed by atoms with van der Waals surface area (Å²) in [5, 5.41) is 0. The lowest BCUT2D eigenvalue weighted by Gasteiger charge is -2.23. The third-order valence-corrected chi connectivity index (χ3v) is 5.70. The van der Waals surface area contributed by atoms with Gasteiger partial charge in [0.1, 0.15) is 5.75 Å². The van der Waals surface area contributed by atoms with E-state index in [1.54, 1.807) is 0 Å². The number of carbonyl (C=O) groups is 2. The van der Waals surface area contributed by atoms with E-state index in [0.717, 1.165) is 12.2 Å². The van der Waals surface area contributed by atoms with Gasteiger partial charge in [0.15, 0.2) is 0 Å². The number of carbonyl (C=O) groups excluding carboxylic acids is 2. The van der Waals surface area contributed by atoms with Crippen LogP contribution in [-0.2, 0) is 9.59 Å². The zero-order valence-electron chi connectivity index (χ0n) is 16.1. The maximum absolute atomic E-state index is 12.8. The van der Waals surface area contributed by atoms with Crippen LogP contribution in [0, 0.1) is 11.8 Å². The van der Waals surface area contributed by atoms with Crippen LogP contribution in [0.3, 0.4) is 0 Å². The Balaban J connectivity index is 1.65. The van der Waals surface area contributed by atoms with Gasteiger partial charge in [-0.1, -0.05) is 37.3 Å². The van der Waals surface area contributed by atoms with E-state index in [0.29, 0.717) is 25.1 Å². The fourth-order valence-corrected chi connectivity index (χ4v) is 3.92. The molecule has 1 aliphatic heterocycles. The van der Waals surface area contributed by atoms with E-state index < -0.39 is 0 Å². The second-order valence-corrected chi connectivity index (χ2v) is 7.60. The quantitative estimate of drug-likeness (QED) is 0.398. The molecule has 1 aromatic rings. The fourth-order valence-electron chi connectivity index (χ4n) is 3.92. The first kappa shape index (κ1) is 18.7. The van der Waals surface area contributed by atoms with E-state index in [9.17, 15) is 9.59 Å². The number of fused-ring (bicyclic) bond motifs is 1. The second kappa shape index (κ2) is 8.07. The summed E-state index contributed by atoms with van der Waals surface area (Å²) >= 11 is 0. The second-order valence-electron chi connectivity index (χ2n) is 7.60. The van der Waals surface area contributed by atoms with Crippen molar-refractivity contribution < 1.29 is 14.3 Å². The molecular weight excluding hydrogens is 326 g/mol. The predicted molar refractivity (Wildman–Crippen MR) is 103 cm³/mol. The number of hydrogen-bond acceptors (Lipinski definition) is 3. The van der Waals surface area contributed by atoms with Crippen LogP contribution in [0.25, 0.3) is 0 Å². The lowest BCUT2D eigenvalue weighted by molar-refractivity contribution is -0.122. The Bertz CT molecular complexity index is 673. The molecule has 2 aliphatic rings. The topological polar surface area (TPSA) is 46.6 Å². The molecular formula is C22H29NO3. The summed E-state index contributed by atoms with van der Waals surface area (Å²) < 4.78 is 5.75. The van der Waals surface area contributed by atoms with Gasteiger partial charge in [0.2, 0.25) is 11.8 Å². The number of amides is 2. The Morgan fingerprint density at radius 2 is 1.50 bits per heavy atom. The molecule has 4 heteroatoms. The van der Waals surface area contributed by atoms with E-state index in [2.05, 4.69) is 20.8 Å². The first-order valence-electron chi connectivity index (χ1n) is 9.78. The molecule has 0 spiro atoms. The normalized spacial score (nSPS) is 22.8. The first-order chi connectivity index (χ1) is 12.5. The molecule has 1 aliphatic carbocycles. The molecule has 0 bridgehead atoms. The monoisotopic (exact) mass is 355 g/mol. The highest BCUT2D eigenvalue weighted by Gasteiger charge is 2.49. The number of anilines is 1. The third kappa shape index (κ3) is 3.69. The van der Waals surface area contributed by atoms with Crippen LogP contribution in [0.15, 0.2) is 35.4 Å². The van der Waals surface area contributed by atoms with E-state index in [-0.39, 0.29) is 23.7 Å². The number of imide groups is 1. The number of unbranched alkanes of at least 4 members (excludes halogenated alkanes) is 3. The Morgan fingerprint density at radius 3 is 2.04 bits per heavy atom. The zero-order chi connectivity index (χ0) is 18.7. The average Bonchev–Trinajstić information content (AvgIpc) is 2.86. The summed E-state index contributed by atoms with van der Waals surface area (Å²) in [6.07, 6.45) is 6.09. The smallest absolute Gasteiger partial charge is 0.238 e. The van der Waals surface area contributed by atoms with Crippen molar-refractivity contribution in [2.75, 3.05) is 11.5 Å². The molecule has 0 radical (unpaired) electrons. The van der Waals surface area contributed by atoms with Crippen molar-refractivity contribution >= 4 is 17.5 Å². The number of nitrogens with zero attached hydrogens (tertiary/aromatic N) is 1. The highest BCUT2D eigenvalue weighted by Crippen LogP contribution is 2.42. The number of hydrogen-bond donors (Lipinski definition) is 0. The van der Waals surface area contributed by atoms with Crippen molar-refractivity contribution in [1.29, 1.82) is 0 Å². The maximum atomic E-state index is 12.8. The number of ether oxygens (including phenoxy) is 1. The minimum Gasteiger partial charge on any atom is -0.494 e. The molecule has 0 N–H and O–H groups in total. The highest BCUT2D eigenvalue weighted by atomic mass is 16.5. The molecule has 1 aromatic carbocycles. The number of rotatable bonds is 7. The number of allylic oxidation sites excluding steroid dienone is 2. The molecule has 140 valence electrons. The maximum Gasteiger partial charge on any atom is 0.238 e. The summed E-state index contributed by atoms with van der Waals surface area (Å²) in [7, 11) is 0. The molecule has 1 fully saturated rings. The van der Waals surface area contributed by atoms with Crippen molar-refractivity contribution in [3.63, 3.8) is 0 Å². The Labute approximate surface area is 156 Å². The van der Waals surface area contributed by atoms with E-state index in [1.165, 1.54) is 35.3 Å². The molecule has 3 rings (SSSR count). The molecule has 26 heavy (non-hydrogen) atoms. The molecule has 2 atom stereocenters. The van der Waals surface area contributed by atoms with Crippen LogP contribution in [0.5, 0.6) is 5.75 Å². The summed E-state index contributed by atoms with van der Waals surface area (Å²) in [6.45, 7) is 7.03. The Kier molecular flexibility index (Phi) is 5.80. The van der Waals surface area contributed by atoms with Crippen LogP contribution >= 0.6 is 0 Å². The average molecular weight is 355 g/mol. The molecule has 1 heterocycles. The van der Waals surface area contributed by atoms with Gasteiger partial charge in [-0.2, -0.15) is 0 Å². The van der Waals surface area contributed by atoms with Gasteiger partial charge in [-0.3, -0.25) is 14.5 Å². The van der Waals surface area contributed by atoms with Gasteiger partial charge in [-0.25, -0.2) is 0 Å². The van der Waals surface area contributed by atoms with Crippen molar-refractivity contribution in [2.24, 2.45) is 11.8 Å². The van der Waals surface area contributed by atoms with Crippen LogP contribution in [0.4, 0.5) is 5.69 Å². The molecule has 0 saturated carbocycles. The minimum absolute atomic E-state index is 0.0555. The SMILES string of the molecule is CCCCCCOc1ccc(N2C(=O)C3CC(C)=C(C)CC3C2=O)cc1. The predicted octanol–water partition coefficient (Wildman–Crippen LogP) is 4.88. The lowest BCUT2D eigenvalue weighted by Crippen LogP contribution is -2.30. The third-order valence-electron chi connectivity index (χ3n) is 5.70. The zero-order valence-corrected chi connectivity index (χ0v) is 16.1. The van der Waals surface area contributed by atoms with Crippen LogP contribution in [0.1, 0.15) is 59.3 Å². The standard InChI is InChI=1S/C22H29NO3/c1-4-5-6-7-12-26-18-10-8-17(9-11-18)23-21(24)19-13-15(2)16(3)14-20(19)22(23)25/h8-11,19-20H,4-7,12-14H2,1-3H3. The first-order valence-corrected chi connectivity index (χ1v) is 9.78. The summed E-state index contributed by atoms with van der Waals surface area (Å²) in [4.78, 5) is 27.0.